The number of aliphatic hydroxyl groups is 1. The zero-order valence-corrected chi connectivity index (χ0v) is 11.9. The summed E-state index contributed by atoms with van der Waals surface area (Å²) >= 11 is 5.97. The van der Waals surface area contributed by atoms with Crippen molar-refractivity contribution in [3.63, 3.8) is 0 Å². The average Bonchev–Trinajstić information content (AvgIpc) is 2.34. The molecule has 0 aromatic heterocycles. The fourth-order valence-corrected chi connectivity index (χ4v) is 2.46. The summed E-state index contributed by atoms with van der Waals surface area (Å²) in [4.78, 5) is 0. The van der Waals surface area contributed by atoms with Crippen LogP contribution in [0.1, 0.15) is 45.1 Å². The van der Waals surface area contributed by atoms with Crippen molar-refractivity contribution in [2.24, 2.45) is 5.92 Å². The standard InChI is InChI=1S/C15H22ClFO/c1-3-5-6-11(4-2)15(18)9-12-7-8-13(17)10-14(12)16/h7-8,10-11,15,18H,3-6,9H2,1-2H3. The predicted molar refractivity (Wildman–Crippen MR) is 74.4 cm³/mol. The summed E-state index contributed by atoms with van der Waals surface area (Å²) in [5.41, 5.74) is 0.820. The molecule has 18 heavy (non-hydrogen) atoms. The van der Waals surface area contributed by atoms with Crippen molar-refractivity contribution in [1.29, 1.82) is 0 Å². The van der Waals surface area contributed by atoms with Crippen LogP contribution in [0.4, 0.5) is 4.39 Å². The lowest BCUT2D eigenvalue weighted by atomic mass is 9.89. The third-order valence-electron chi connectivity index (χ3n) is 3.44. The largest absolute Gasteiger partial charge is 0.392 e. The summed E-state index contributed by atoms with van der Waals surface area (Å²) in [5, 5.41) is 10.6. The Hall–Kier alpha value is -0.600. The normalized spacial score (nSPS) is 14.5. The van der Waals surface area contributed by atoms with E-state index in [1.54, 1.807) is 6.07 Å². The Labute approximate surface area is 114 Å². The van der Waals surface area contributed by atoms with Crippen LogP contribution in [-0.2, 0) is 6.42 Å². The van der Waals surface area contributed by atoms with Crippen molar-refractivity contribution < 1.29 is 9.50 Å². The van der Waals surface area contributed by atoms with Crippen LogP contribution in [0, 0.1) is 11.7 Å². The minimum Gasteiger partial charge on any atom is -0.392 e. The summed E-state index contributed by atoms with van der Waals surface area (Å²) in [7, 11) is 0. The van der Waals surface area contributed by atoms with Gasteiger partial charge in [0.25, 0.3) is 0 Å². The number of rotatable bonds is 7. The Morgan fingerprint density at radius 2 is 2.06 bits per heavy atom. The molecule has 2 unspecified atom stereocenters. The van der Waals surface area contributed by atoms with E-state index in [-0.39, 0.29) is 5.82 Å². The topological polar surface area (TPSA) is 20.2 Å². The van der Waals surface area contributed by atoms with Crippen LogP contribution in [0.5, 0.6) is 0 Å². The molecule has 0 fully saturated rings. The van der Waals surface area contributed by atoms with Crippen LogP contribution in [0.3, 0.4) is 0 Å². The lowest BCUT2D eigenvalue weighted by Crippen LogP contribution is -2.22. The molecule has 2 atom stereocenters. The van der Waals surface area contributed by atoms with Gasteiger partial charge in [-0.05, 0) is 30.0 Å². The lowest BCUT2D eigenvalue weighted by Gasteiger charge is -2.22. The van der Waals surface area contributed by atoms with Gasteiger partial charge in [-0.3, -0.25) is 0 Å². The molecule has 1 nitrogen and oxygen atoms in total. The van der Waals surface area contributed by atoms with Gasteiger partial charge >= 0.3 is 0 Å². The van der Waals surface area contributed by atoms with Crippen molar-refractivity contribution in [2.75, 3.05) is 0 Å². The molecule has 0 bridgehead atoms. The zero-order chi connectivity index (χ0) is 13.5. The van der Waals surface area contributed by atoms with E-state index in [2.05, 4.69) is 13.8 Å². The first-order chi connectivity index (χ1) is 8.58. The van der Waals surface area contributed by atoms with Gasteiger partial charge in [0.05, 0.1) is 6.10 Å². The van der Waals surface area contributed by atoms with E-state index in [0.717, 1.165) is 31.2 Å². The smallest absolute Gasteiger partial charge is 0.124 e. The fourth-order valence-electron chi connectivity index (χ4n) is 2.21. The van der Waals surface area contributed by atoms with Gasteiger partial charge in [-0.2, -0.15) is 0 Å². The van der Waals surface area contributed by atoms with Crippen molar-refractivity contribution in [2.45, 2.75) is 52.1 Å². The van der Waals surface area contributed by atoms with Gasteiger partial charge < -0.3 is 5.11 Å². The van der Waals surface area contributed by atoms with Crippen molar-refractivity contribution in [1.82, 2.24) is 0 Å². The average molecular weight is 273 g/mol. The predicted octanol–water partition coefficient (Wildman–Crippen LogP) is 4.60. The summed E-state index contributed by atoms with van der Waals surface area (Å²) < 4.78 is 12.9. The van der Waals surface area contributed by atoms with E-state index in [4.69, 9.17) is 11.6 Å². The van der Waals surface area contributed by atoms with E-state index in [1.807, 2.05) is 0 Å². The summed E-state index contributed by atoms with van der Waals surface area (Å²) in [6.45, 7) is 4.24. The van der Waals surface area contributed by atoms with E-state index >= 15 is 0 Å². The second kappa shape index (κ2) is 7.75. The molecule has 0 spiro atoms. The van der Waals surface area contributed by atoms with Gasteiger partial charge in [0.2, 0.25) is 0 Å². The Balaban J connectivity index is 2.64. The van der Waals surface area contributed by atoms with Crippen LogP contribution in [0.15, 0.2) is 18.2 Å². The maximum absolute atomic E-state index is 12.9. The Kier molecular flexibility index (Phi) is 6.66. The van der Waals surface area contributed by atoms with E-state index in [1.165, 1.54) is 12.1 Å². The van der Waals surface area contributed by atoms with E-state index < -0.39 is 6.10 Å². The highest BCUT2D eigenvalue weighted by atomic mass is 35.5. The summed E-state index contributed by atoms with van der Waals surface area (Å²) in [6.07, 6.45) is 4.37. The van der Waals surface area contributed by atoms with Crippen LogP contribution >= 0.6 is 11.6 Å². The molecule has 0 amide bonds. The first-order valence-corrected chi connectivity index (χ1v) is 7.08. The Morgan fingerprint density at radius 3 is 2.61 bits per heavy atom. The minimum absolute atomic E-state index is 0.297. The van der Waals surface area contributed by atoms with Gasteiger partial charge in [-0.1, -0.05) is 50.8 Å². The third-order valence-corrected chi connectivity index (χ3v) is 3.79. The van der Waals surface area contributed by atoms with Gasteiger partial charge in [0.15, 0.2) is 0 Å². The van der Waals surface area contributed by atoms with Crippen molar-refractivity contribution in [3.8, 4) is 0 Å². The lowest BCUT2D eigenvalue weighted by molar-refractivity contribution is 0.0987. The van der Waals surface area contributed by atoms with Crippen LogP contribution in [-0.4, -0.2) is 11.2 Å². The number of aliphatic hydroxyl groups excluding tert-OH is 1. The molecule has 0 aliphatic rings. The molecule has 0 saturated heterocycles. The number of hydrogen-bond acceptors (Lipinski definition) is 1. The zero-order valence-electron chi connectivity index (χ0n) is 11.1. The summed E-state index contributed by atoms with van der Waals surface area (Å²) in [6, 6.07) is 4.35. The van der Waals surface area contributed by atoms with Gasteiger partial charge in [-0.25, -0.2) is 4.39 Å². The molecule has 0 heterocycles. The molecule has 1 N–H and O–H groups in total. The number of benzene rings is 1. The number of unbranched alkanes of at least 4 members (excludes halogenated alkanes) is 1. The first-order valence-electron chi connectivity index (χ1n) is 6.70. The highest BCUT2D eigenvalue weighted by molar-refractivity contribution is 6.31. The Bertz CT molecular complexity index is 368. The molecule has 1 aromatic rings. The summed E-state index contributed by atoms with van der Waals surface area (Å²) in [5.74, 6) is -0.0395. The second-order valence-corrected chi connectivity index (χ2v) is 5.22. The third kappa shape index (κ3) is 4.58. The van der Waals surface area contributed by atoms with Crippen LogP contribution < -0.4 is 0 Å². The van der Waals surface area contributed by atoms with E-state index in [9.17, 15) is 9.50 Å². The van der Waals surface area contributed by atoms with Crippen LogP contribution in [0.25, 0.3) is 0 Å². The first kappa shape index (κ1) is 15.5. The molecular weight excluding hydrogens is 251 g/mol. The monoisotopic (exact) mass is 272 g/mol. The number of hydrogen-bond donors (Lipinski definition) is 1. The maximum atomic E-state index is 12.9. The van der Waals surface area contributed by atoms with Gasteiger partial charge in [0, 0.05) is 11.4 Å². The van der Waals surface area contributed by atoms with Gasteiger partial charge in [0.1, 0.15) is 5.82 Å². The Morgan fingerprint density at radius 1 is 1.33 bits per heavy atom. The van der Waals surface area contributed by atoms with Crippen molar-refractivity contribution in [3.05, 3.63) is 34.6 Å². The molecule has 1 rings (SSSR count). The maximum Gasteiger partial charge on any atom is 0.124 e. The van der Waals surface area contributed by atoms with Gasteiger partial charge in [-0.15, -0.1) is 0 Å². The second-order valence-electron chi connectivity index (χ2n) is 4.82. The highest BCUT2D eigenvalue weighted by Gasteiger charge is 2.18. The molecular formula is C15H22ClFO. The molecule has 3 heteroatoms. The minimum atomic E-state index is -0.399. The highest BCUT2D eigenvalue weighted by Crippen LogP contribution is 2.24. The van der Waals surface area contributed by atoms with Crippen LogP contribution in [0.2, 0.25) is 5.02 Å². The molecule has 0 aliphatic carbocycles. The number of halogens is 2. The molecule has 0 aliphatic heterocycles. The SMILES string of the molecule is CCCCC(CC)C(O)Cc1ccc(F)cc1Cl. The molecule has 102 valence electrons. The fraction of sp³-hybridized carbons (Fsp3) is 0.600. The molecule has 0 saturated carbocycles. The van der Waals surface area contributed by atoms with Crippen molar-refractivity contribution >= 4 is 11.6 Å². The molecule has 1 aromatic carbocycles. The quantitative estimate of drug-likeness (QED) is 0.769. The van der Waals surface area contributed by atoms with E-state index in [0.29, 0.717) is 17.4 Å². The molecule has 0 radical (unpaired) electrons.